The van der Waals surface area contributed by atoms with E-state index < -0.39 is 15.9 Å². The summed E-state index contributed by atoms with van der Waals surface area (Å²) in [4.78, 5) is 10.1. The second-order valence-electron chi connectivity index (χ2n) is 4.16. The molecule has 17 heavy (non-hydrogen) atoms. The molecule has 2 heterocycles. The minimum Gasteiger partial charge on any atom is -0.358 e. The van der Waals surface area contributed by atoms with E-state index >= 15 is 0 Å². The van der Waals surface area contributed by atoms with E-state index in [1.165, 1.54) is 6.07 Å². The molecule has 8 heteroatoms. The fourth-order valence-corrected chi connectivity index (χ4v) is 2.89. The van der Waals surface area contributed by atoms with E-state index in [2.05, 4.69) is 5.10 Å². The first-order chi connectivity index (χ1) is 7.99. The van der Waals surface area contributed by atoms with Gasteiger partial charge in [-0.1, -0.05) is 0 Å². The van der Waals surface area contributed by atoms with Crippen molar-refractivity contribution in [1.29, 1.82) is 0 Å². The summed E-state index contributed by atoms with van der Waals surface area (Å²) in [7, 11) is -1.04. The lowest BCUT2D eigenvalue weighted by Crippen LogP contribution is -2.37. The molecule has 0 saturated heterocycles. The van der Waals surface area contributed by atoms with Gasteiger partial charge in [-0.3, -0.25) is 0 Å². The maximum absolute atomic E-state index is 11.9. The number of nitro groups is 1. The highest BCUT2D eigenvalue weighted by Gasteiger charge is 2.27. The maximum Gasteiger partial charge on any atom is 0.390 e. The first-order valence-electron chi connectivity index (χ1n) is 5.36. The molecule has 0 N–H and O–H groups in total. The molecule has 0 spiro atoms. The van der Waals surface area contributed by atoms with Crippen LogP contribution in [0.1, 0.15) is 19.5 Å². The van der Waals surface area contributed by atoms with E-state index in [0.717, 1.165) is 5.69 Å². The smallest absolute Gasteiger partial charge is 0.358 e. The summed E-state index contributed by atoms with van der Waals surface area (Å²) in [6.45, 7) is 5.39. The maximum atomic E-state index is 11.9. The lowest BCUT2D eigenvalue weighted by atomic mass is 10.3. The molecule has 0 aromatic carbocycles. The van der Waals surface area contributed by atoms with E-state index in [1.807, 2.05) is 18.2 Å². The van der Waals surface area contributed by atoms with Crippen LogP contribution in [0.2, 0.25) is 0 Å². The highest BCUT2D eigenvalue weighted by atomic mass is 32.2. The van der Waals surface area contributed by atoms with Gasteiger partial charge in [0.1, 0.15) is 0 Å². The van der Waals surface area contributed by atoms with Crippen molar-refractivity contribution in [3.8, 4) is 0 Å². The van der Waals surface area contributed by atoms with Crippen LogP contribution in [-0.2, 0) is 24.1 Å². The average Bonchev–Trinajstić information content (AvgIpc) is 2.70. The van der Waals surface area contributed by atoms with E-state index in [9.17, 15) is 14.3 Å². The summed E-state index contributed by atoms with van der Waals surface area (Å²) in [5.41, 5.74) is 0.747. The van der Waals surface area contributed by atoms with Crippen LogP contribution >= 0.6 is 0 Å². The Balaban J connectivity index is 2.19. The minimum atomic E-state index is -1.04. The third-order valence-electron chi connectivity index (χ3n) is 2.59. The van der Waals surface area contributed by atoms with Gasteiger partial charge >= 0.3 is 5.82 Å². The molecule has 0 radical (unpaired) electrons. The number of fused-ring (bicyclic) bond motifs is 1. The Hall–Kier alpha value is -1.28. The lowest BCUT2D eigenvalue weighted by molar-refractivity contribution is -0.389. The zero-order chi connectivity index (χ0) is 12.6. The molecule has 0 aliphatic carbocycles. The summed E-state index contributed by atoms with van der Waals surface area (Å²) in [5, 5.41) is 14.5. The van der Waals surface area contributed by atoms with Crippen LogP contribution in [0.5, 0.6) is 0 Å². The Labute approximate surface area is 101 Å². The summed E-state index contributed by atoms with van der Waals surface area (Å²) in [5.74, 6) is -0.142. The van der Waals surface area contributed by atoms with Gasteiger partial charge < -0.3 is 10.1 Å². The second-order valence-corrected chi connectivity index (χ2v) is 6.17. The first kappa shape index (κ1) is 12.2. The second kappa shape index (κ2) is 4.53. The average molecular weight is 258 g/mol. The molecule has 1 aromatic rings. The fraction of sp³-hybridized carbons (Fsp3) is 0.667. The quantitative estimate of drug-likeness (QED) is 0.589. The van der Waals surface area contributed by atoms with Gasteiger partial charge in [0.15, 0.2) is 0 Å². The van der Waals surface area contributed by atoms with E-state index in [4.69, 9.17) is 0 Å². The van der Waals surface area contributed by atoms with Crippen LogP contribution in [0.15, 0.2) is 6.07 Å². The van der Waals surface area contributed by atoms with Crippen LogP contribution < -0.4 is 0 Å². The Morgan fingerprint density at radius 2 is 2.24 bits per heavy atom. The molecule has 0 saturated carbocycles. The largest absolute Gasteiger partial charge is 0.390 e. The molecule has 1 aliphatic heterocycles. The Morgan fingerprint density at radius 3 is 2.82 bits per heavy atom. The zero-order valence-corrected chi connectivity index (χ0v) is 10.5. The first-order valence-corrected chi connectivity index (χ1v) is 6.53. The SMILES string of the molecule is CC(C)S(=O)N1CCn2nc([N+](=O)[O-])cc2C1. The van der Waals surface area contributed by atoms with Gasteiger partial charge in [0.25, 0.3) is 0 Å². The van der Waals surface area contributed by atoms with Gasteiger partial charge in [-0.15, -0.1) is 0 Å². The predicted octanol–water partition coefficient (Wildman–Crippen LogP) is 0.679. The molecule has 1 unspecified atom stereocenters. The van der Waals surface area contributed by atoms with Crippen LogP contribution in [0.25, 0.3) is 0 Å². The summed E-state index contributed by atoms with van der Waals surface area (Å²) >= 11 is 0. The van der Waals surface area contributed by atoms with Crippen molar-refractivity contribution in [2.75, 3.05) is 6.54 Å². The van der Waals surface area contributed by atoms with Crippen LogP contribution in [0.4, 0.5) is 5.82 Å². The monoisotopic (exact) mass is 258 g/mol. The molecule has 94 valence electrons. The van der Waals surface area contributed by atoms with Crippen LogP contribution in [-0.4, -0.2) is 35.0 Å². The molecule has 1 aromatic heterocycles. The molecule has 1 atom stereocenters. The number of aromatic nitrogens is 2. The molecule has 0 amide bonds. The van der Waals surface area contributed by atoms with Crippen molar-refractivity contribution < 1.29 is 9.13 Å². The van der Waals surface area contributed by atoms with Gasteiger partial charge in [0.05, 0.1) is 40.9 Å². The Kier molecular flexibility index (Phi) is 3.25. The topological polar surface area (TPSA) is 81.3 Å². The molecule has 0 bridgehead atoms. The molecule has 2 rings (SSSR count). The van der Waals surface area contributed by atoms with Crippen molar-refractivity contribution in [2.45, 2.75) is 32.2 Å². The fourth-order valence-electron chi connectivity index (χ4n) is 1.77. The van der Waals surface area contributed by atoms with Crippen molar-refractivity contribution in [3.63, 3.8) is 0 Å². The Bertz CT molecular complexity index is 471. The number of hydrogen-bond donors (Lipinski definition) is 0. The van der Waals surface area contributed by atoms with E-state index in [1.54, 1.807) is 4.68 Å². The highest BCUT2D eigenvalue weighted by molar-refractivity contribution is 7.83. The Morgan fingerprint density at radius 1 is 1.53 bits per heavy atom. The number of nitrogens with zero attached hydrogens (tertiary/aromatic N) is 4. The summed E-state index contributed by atoms with van der Waals surface area (Å²) in [6.07, 6.45) is 0. The van der Waals surface area contributed by atoms with Gasteiger partial charge in [-0.05, 0) is 18.8 Å². The standard InChI is InChI=1S/C9H14N4O3S/c1-7(2)17(16)11-3-4-12-8(6-11)5-9(10-12)13(14)15/h5,7H,3-4,6H2,1-2H3. The minimum absolute atomic E-state index is 0.0551. The van der Waals surface area contributed by atoms with Crippen molar-refractivity contribution >= 4 is 16.8 Å². The summed E-state index contributed by atoms with van der Waals surface area (Å²) < 4.78 is 15.4. The van der Waals surface area contributed by atoms with E-state index in [0.29, 0.717) is 19.6 Å². The van der Waals surface area contributed by atoms with Crippen LogP contribution in [0.3, 0.4) is 0 Å². The number of rotatable bonds is 3. The molecule has 0 fully saturated rings. The predicted molar refractivity (Wildman–Crippen MR) is 62.6 cm³/mol. The highest BCUT2D eigenvalue weighted by Crippen LogP contribution is 2.19. The van der Waals surface area contributed by atoms with Crippen molar-refractivity contribution in [1.82, 2.24) is 14.1 Å². The molecular formula is C9H14N4O3S. The lowest BCUT2D eigenvalue weighted by Gasteiger charge is -2.26. The normalized spacial score (nSPS) is 18.1. The molecule has 7 nitrogen and oxygen atoms in total. The zero-order valence-electron chi connectivity index (χ0n) is 9.70. The van der Waals surface area contributed by atoms with Gasteiger partial charge in [-0.2, -0.15) is 4.68 Å². The van der Waals surface area contributed by atoms with Gasteiger partial charge in [0.2, 0.25) is 0 Å². The van der Waals surface area contributed by atoms with Crippen molar-refractivity contribution in [3.05, 3.63) is 21.9 Å². The van der Waals surface area contributed by atoms with Gasteiger partial charge in [-0.25, -0.2) is 8.51 Å². The molecular weight excluding hydrogens is 244 g/mol. The summed E-state index contributed by atoms with van der Waals surface area (Å²) in [6, 6.07) is 1.45. The van der Waals surface area contributed by atoms with Gasteiger partial charge in [0, 0.05) is 11.8 Å². The van der Waals surface area contributed by atoms with Crippen LogP contribution in [0, 0.1) is 10.1 Å². The number of hydrogen-bond acceptors (Lipinski definition) is 4. The molecule has 1 aliphatic rings. The third kappa shape index (κ3) is 2.37. The third-order valence-corrected chi connectivity index (χ3v) is 4.22. The van der Waals surface area contributed by atoms with Crippen molar-refractivity contribution in [2.24, 2.45) is 0 Å². The van der Waals surface area contributed by atoms with E-state index in [-0.39, 0.29) is 11.1 Å².